The van der Waals surface area contributed by atoms with Crippen molar-refractivity contribution in [1.29, 1.82) is 0 Å². The van der Waals surface area contributed by atoms with E-state index in [1.807, 2.05) is 0 Å². The van der Waals surface area contributed by atoms with Crippen LogP contribution in [0, 0.1) is 0 Å². The highest BCUT2D eigenvalue weighted by atomic mass is 15.3. The van der Waals surface area contributed by atoms with Crippen LogP contribution in [0.3, 0.4) is 0 Å². The van der Waals surface area contributed by atoms with Gasteiger partial charge in [-0.05, 0) is 51.4 Å². The molecule has 0 saturated carbocycles. The van der Waals surface area contributed by atoms with Crippen LogP contribution in [0.5, 0.6) is 0 Å². The van der Waals surface area contributed by atoms with Crippen molar-refractivity contribution in [3.63, 3.8) is 0 Å². The lowest BCUT2D eigenvalue weighted by Gasteiger charge is -2.23. The topological polar surface area (TPSA) is 42.9 Å². The molecule has 5 heteroatoms. The zero-order chi connectivity index (χ0) is 17.5. The molecule has 0 spiro atoms. The number of guanidine groups is 1. The van der Waals surface area contributed by atoms with E-state index < -0.39 is 0 Å². The summed E-state index contributed by atoms with van der Waals surface area (Å²) in [6.45, 7) is 10.7. The minimum atomic E-state index is 0.462. The van der Waals surface area contributed by atoms with Gasteiger partial charge in [-0.2, -0.15) is 0 Å². The van der Waals surface area contributed by atoms with Crippen LogP contribution >= 0.6 is 0 Å². The van der Waals surface area contributed by atoms with Crippen molar-refractivity contribution >= 4 is 11.6 Å². The highest BCUT2D eigenvalue weighted by Gasteiger charge is 2.25. The second-order valence-corrected chi connectivity index (χ2v) is 7.06. The number of likely N-dealkylation sites (N-methyl/N-ethyl adjacent to an activating group) is 1. The van der Waals surface area contributed by atoms with E-state index in [1.165, 1.54) is 25.1 Å². The van der Waals surface area contributed by atoms with Crippen molar-refractivity contribution in [2.24, 2.45) is 4.99 Å². The van der Waals surface area contributed by atoms with Crippen molar-refractivity contribution < 1.29 is 0 Å². The second kappa shape index (κ2) is 9.09. The number of likely N-dealkylation sites (tertiary alicyclic amines) is 1. The molecule has 5 nitrogen and oxygen atoms in total. The van der Waals surface area contributed by atoms with Gasteiger partial charge >= 0.3 is 0 Å². The summed E-state index contributed by atoms with van der Waals surface area (Å²) < 4.78 is 0. The molecule has 3 rings (SSSR count). The minimum Gasteiger partial charge on any atom is -0.369 e. The summed E-state index contributed by atoms with van der Waals surface area (Å²) in [5.74, 6) is 0.977. The summed E-state index contributed by atoms with van der Waals surface area (Å²) in [6.07, 6.45) is 3.75. The molecule has 2 aliphatic heterocycles. The van der Waals surface area contributed by atoms with E-state index in [1.54, 1.807) is 0 Å². The molecule has 0 aromatic heterocycles. The van der Waals surface area contributed by atoms with Crippen molar-refractivity contribution in [3.8, 4) is 0 Å². The summed E-state index contributed by atoms with van der Waals surface area (Å²) in [6, 6.07) is 11.8. The Morgan fingerprint density at radius 3 is 2.76 bits per heavy atom. The van der Waals surface area contributed by atoms with E-state index in [-0.39, 0.29) is 0 Å². The van der Waals surface area contributed by atoms with Crippen LogP contribution in [0.1, 0.15) is 33.1 Å². The Balaban J connectivity index is 1.54. The van der Waals surface area contributed by atoms with Gasteiger partial charge in [0.1, 0.15) is 0 Å². The van der Waals surface area contributed by atoms with E-state index in [0.717, 1.165) is 45.1 Å². The molecule has 1 aromatic rings. The first-order valence-corrected chi connectivity index (χ1v) is 9.89. The highest BCUT2D eigenvalue weighted by molar-refractivity contribution is 5.80. The molecule has 2 N–H and O–H groups in total. The molecular formula is C20H33N5. The van der Waals surface area contributed by atoms with Crippen LogP contribution in [0.4, 0.5) is 5.69 Å². The molecule has 0 radical (unpaired) electrons. The van der Waals surface area contributed by atoms with Gasteiger partial charge in [0.25, 0.3) is 0 Å². The normalized spacial score (nSPS) is 24.7. The Morgan fingerprint density at radius 1 is 1.16 bits per heavy atom. The van der Waals surface area contributed by atoms with E-state index in [4.69, 9.17) is 4.99 Å². The van der Waals surface area contributed by atoms with Crippen molar-refractivity contribution in [1.82, 2.24) is 15.5 Å². The molecule has 2 heterocycles. The fourth-order valence-electron chi connectivity index (χ4n) is 3.98. The van der Waals surface area contributed by atoms with Gasteiger partial charge < -0.3 is 15.5 Å². The lowest BCUT2D eigenvalue weighted by Crippen LogP contribution is -2.45. The molecule has 2 atom stereocenters. The minimum absolute atomic E-state index is 0.462. The Kier molecular flexibility index (Phi) is 6.56. The predicted molar refractivity (Wildman–Crippen MR) is 106 cm³/mol. The third kappa shape index (κ3) is 4.88. The zero-order valence-electron chi connectivity index (χ0n) is 15.7. The van der Waals surface area contributed by atoms with Crippen molar-refractivity contribution in [2.45, 2.75) is 45.2 Å². The van der Waals surface area contributed by atoms with Gasteiger partial charge in [-0.3, -0.25) is 9.89 Å². The second-order valence-electron chi connectivity index (χ2n) is 7.06. The largest absolute Gasteiger partial charge is 0.369 e. The van der Waals surface area contributed by atoms with Crippen LogP contribution in [0.15, 0.2) is 35.3 Å². The summed E-state index contributed by atoms with van der Waals surface area (Å²) >= 11 is 0. The summed E-state index contributed by atoms with van der Waals surface area (Å²) in [7, 11) is 0. The van der Waals surface area contributed by atoms with E-state index in [2.05, 4.69) is 64.6 Å². The maximum atomic E-state index is 4.89. The van der Waals surface area contributed by atoms with Gasteiger partial charge in [-0.25, -0.2) is 0 Å². The third-order valence-corrected chi connectivity index (χ3v) is 5.36. The maximum absolute atomic E-state index is 4.89. The fraction of sp³-hybridized carbons (Fsp3) is 0.650. The Morgan fingerprint density at radius 2 is 2.00 bits per heavy atom. The first kappa shape index (κ1) is 18.1. The van der Waals surface area contributed by atoms with E-state index in [0.29, 0.717) is 12.1 Å². The number of hydrogen-bond donors (Lipinski definition) is 2. The average molecular weight is 344 g/mol. The Bertz CT molecular complexity index is 544. The first-order valence-electron chi connectivity index (χ1n) is 9.89. The SMILES string of the molecule is CCNC(=NCC1CCCN1CC)NC1CCN(c2ccccc2)C1. The third-order valence-electron chi connectivity index (χ3n) is 5.36. The molecule has 138 valence electrons. The Labute approximate surface area is 152 Å². The van der Waals surface area contributed by atoms with Gasteiger partial charge in [-0.15, -0.1) is 0 Å². The number of anilines is 1. The average Bonchev–Trinajstić information content (AvgIpc) is 3.29. The van der Waals surface area contributed by atoms with Crippen molar-refractivity contribution in [3.05, 3.63) is 30.3 Å². The molecule has 2 fully saturated rings. The molecule has 25 heavy (non-hydrogen) atoms. The van der Waals surface area contributed by atoms with Gasteiger partial charge in [0.2, 0.25) is 0 Å². The van der Waals surface area contributed by atoms with Crippen LogP contribution in [-0.4, -0.2) is 62.2 Å². The first-order chi connectivity index (χ1) is 12.3. The molecule has 2 unspecified atom stereocenters. The monoisotopic (exact) mass is 343 g/mol. The molecule has 0 amide bonds. The van der Waals surface area contributed by atoms with Crippen LogP contribution < -0.4 is 15.5 Å². The number of aliphatic imine (C=N–C) groups is 1. The predicted octanol–water partition coefficient (Wildman–Crippen LogP) is 2.30. The lowest BCUT2D eigenvalue weighted by atomic mass is 10.2. The smallest absolute Gasteiger partial charge is 0.191 e. The van der Waals surface area contributed by atoms with E-state index in [9.17, 15) is 0 Å². The molecule has 1 aromatic carbocycles. The number of para-hydroxylation sites is 1. The molecule has 0 bridgehead atoms. The highest BCUT2D eigenvalue weighted by Crippen LogP contribution is 2.20. The standard InChI is InChI=1S/C20H33N5/c1-3-21-20(22-15-19-11-8-13-24(19)4-2)23-17-12-14-25(16-17)18-9-6-5-7-10-18/h5-7,9-10,17,19H,3-4,8,11-16H2,1-2H3,(H2,21,22,23). The van der Waals surface area contributed by atoms with Gasteiger partial charge in [0.15, 0.2) is 5.96 Å². The maximum Gasteiger partial charge on any atom is 0.191 e. The van der Waals surface area contributed by atoms with E-state index >= 15 is 0 Å². The van der Waals surface area contributed by atoms with Crippen LogP contribution in [-0.2, 0) is 0 Å². The van der Waals surface area contributed by atoms with Gasteiger partial charge in [-0.1, -0.05) is 25.1 Å². The van der Waals surface area contributed by atoms with Crippen LogP contribution in [0.2, 0.25) is 0 Å². The fourth-order valence-corrected chi connectivity index (χ4v) is 3.98. The number of rotatable bonds is 6. The van der Waals surface area contributed by atoms with Crippen molar-refractivity contribution in [2.75, 3.05) is 44.2 Å². The Hall–Kier alpha value is -1.75. The lowest BCUT2D eigenvalue weighted by molar-refractivity contribution is 0.273. The number of nitrogens with zero attached hydrogens (tertiary/aromatic N) is 3. The molecular weight excluding hydrogens is 310 g/mol. The quantitative estimate of drug-likeness (QED) is 0.614. The number of nitrogens with one attached hydrogen (secondary N) is 2. The molecule has 0 aliphatic carbocycles. The number of hydrogen-bond acceptors (Lipinski definition) is 3. The van der Waals surface area contributed by atoms with Crippen LogP contribution in [0.25, 0.3) is 0 Å². The van der Waals surface area contributed by atoms with Gasteiger partial charge in [0, 0.05) is 37.4 Å². The van der Waals surface area contributed by atoms with Gasteiger partial charge in [0.05, 0.1) is 6.54 Å². The number of benzene rings is 1. The summed E-state index contributed by atoms with van der Waals surface area (Å²) in [4.78, 5) is 9.90. The zero-order valence-corrected chi connectivity index (χ0v) is 15.7. The summed E-state index contributed by atoms with van der Waals surface area (Å²) in [5.41, 5.74) is 1.32. The summed E-state index contributed by atoms with van der Waals surface area (Å²) in [5, 5.41) is 7.07. The molecule has 2 aliphatic rings. The molecule has 2 saturated heterocycles.